The summed E-state index contributed by atoms with van der Waals surface area (Å²) in [6.45, 7) is 0. The van der Waals surface area contributed by atoms with Crippen molar-refractivity contribution >= 4 is 39.3 Å². The molecule has 4 nitrogen and oxygen atoms in total. The standard InChI is InChI=1S/C8H6BrClN4S/c1-14-8(12-4-13-14)15-7-6(10)2-5(9)3-11-7/h2-4H,1H3. The first kappa shape index (κ1) is 10.9. The van der Waals surface area contributed by atoms with E-state index >= 15 is 0 Å². The molecule has 2 aromatic heterocycles. The summed E-state index contributed by atoms with van der Waals surface area (Å²) in [6.07, 6.45) is 3.19. The number of rotatable bonds is 2. The SMILES string of the molecule is Cn1ncnc1Sc1ncc(Br)cc1Cl. The van der Waals surface area contributed by atoms with Crippen LogP contribution in [0.3, 0.4) is 0 Å². The van der Waals surface area contributed by atoms with Gasteiger partial charge in [0.15, 0.2) is 5.16 Å². The van der Waals surface area contributed by atoms with Crippen LogP contribution in [0.25, 0.3) is 0 Å². The first-order valence-corrected chi connectivity index (χ1v) is 5.98. The molecule has 0 N–H and O–H groups in total. The minimum atomic E-state index is 0.595. The second kappa shape index (κ2) is 4.51. The van der Waals surface area contributed by atoms with Gasteiger partial charge in [0.05, 0.1) is 5.02 Å². The van der Waals surface area contributed by atoms with Crippen LogP contribution in [-0.4, -0.2) is 19.7 Å². The lowest BCUT2D eigenvalue weighted by molar-refractivity contribution is 0.684. The zero-order valence-electron chi connectivity index (χ0n) is 7.69. The molecule has 0 aromatic carbocycles. The fourth-order valence-electron chi connectivity index (χ4n) is 0.942. The summed E-state index contributed by atoms with van der Waals surface area (Å²) in [4.78, 5) is 8.28. The van der Waals surface area contributed by atoms with Crippen LogP contribution in [0.2, 0.25) is 5.02 Å². The van der Waals surface area contributed by atoms with Gasteiger partial charge in [0.25, 0.3) is 0 Å². The first-order valence-electron chi connectivity index (χ1n) is 3.99. The van der Waals surface area contributed by atoms with Gasteiger partial charge in [-0.05, 0) is 33.8 Å². The maximum Gasteiger partial charge on any atom is 0.192 e. The van der Waals surface area contributed by atoms with E-state index in [0.29, 0.717) is 5.02 Å². The van der Waals surface area contributed by atoms with Crippen molar-refractivity contribution in [3.05, 3.63) is 28.1 Å². The Morgan fingerprint density at radius 2 is 2.27 bits per heavy atom. The summed E-state index contributed by atoms with van der Waals surface area (Å²) in [5.74, 6) is 0. The van der Waals surface area contributed by atoms with Crippen LogP contribution < -0.4 is 0 Å². The number of pyridine rings is 1. The molecule has 0 radical (unpaired) electrons. The van der Waals surface area contributed by atoms with Gasteiger partial charge >= 0.3 is 0 Å². The fourth-order valence-corrected chi connectivity index (χ4v) is 2.40. The summed E-state index contributed by atoms with van der Waals surface area (Å²) in [5.41, 5.74) is 0. The van der Waals surface area contributed by atoms with Crippen molar-refractivity contribution in [1.29, 1.82) is 0 Å². The predicted molar refractivity (Wildman–Crippen MR) is 62.1 cm³/mol. The number of hydrogen-bond acceptors (Lipinski definition) is 4. The molecule has 15 heavy (non-hydrogen) atoms. The third-order valence-electron chi connectivity index (χ3n) is 1.63. The van der Waals surface area contributed by atoms with E-state index in [1.54, 1.807) is 16.9 Å². The molecule has 2 rings (SSSR count). The molecule has 0 aliphatic heterocycles. The first-order chi connectivity index (χ1) is 7.16. The Bertz CT molecular complexity index is 487. The smallest absolute Gasteiger partial charge is 0.192 e. The highest BCUT2D eigenvalue weighted by molar-refractivity contribution is 9.10. The highest BCUT2D eigenvalue weighted by Gasteiger charge is 2.08. The maximum atomic E-state index is 6.03. The molecule has 0 amide bonds. The lowest BCUT2D eigenvalue weighted by Gasteiger charge is -2.02. The van der Waals surface area contributed by atoms with Gasteiger partial charge < -0.3 is 0 Å². The highest BCUT2D eigenvalue weighted by Crippen LogP contribution is 2.31. The molecule has 2 heterocycles. The zero-order chi connectivity index (χ0) is 10.8. The average molecular weight is 306 g/mol. The third kappa shape index (κ3) is 2.50. The molecule has 0 aliphatic carbocycles. The summed E-state index contributed by atoms with van der Waals surface area (Å²) >= 11 is 10.7. The van der Waals surface area contributed by atoms with E-state index < -0.39 is 0 Å². The molecule has 0 bridgehead atoms. The Balaban J connectivity index is 2.29. The predicted octanol–water partition coefficient (Wildman–Crippen LogP) is 2.78. The van der Waals surface area contributed by atoms with Gasteiger partial charge in [-0.15, -0.1) is 0 Å². The van der Waals surface area contributed by atoms with E-state index in [0.717, 1.165) is 14.7 Å². The van der Waals surface area contributed by atoms with E-state index in [2.05, 4.69) is 31.0 Å². The van der Waals surface area contributed by atoms with Crippen molar-refractivity contribution in [2.45, 2.75) is 10.2 Å². The number of aryl methyl sites for hydroxylation is 1. The molecule has 0 atom stereocenters. The van der Waals surface area contributed by atoms with Crippen molar-refractivity contribution in [3.63, 3.8) is 0 Å². The van der Waals surface area contributed by atoms with Gasteiger partial charge in [0, 0.05) is 17.7 Å². The quantitative estimate of drug-likeness (QED) is 0.856. The van der Waals surface area contributed by atoms with Gasteiger partial charge in [-0.3, -0.25) is 0 Å². The van der Waals surface area contributed by atoms with Crippen LogP contribution in [0.4, 0.5) is 0 Å². The van der Waals surface area contributed by atoms with Crippen LogP contribution >= 0.6 is 39.3 Å². The Labute approximate surface area is 104 Å². The molecule has 7 heteroatoms. The van der Waals surface area contributed by atoms with Gasteiger partial charge in [-0.2, -0.15) is 5.10 Å². The number of nitrogens with zero attached hydrogens (tertiary/aromatic N) is 4. The molecule has 0 fully saturated rings. The lowest BCUT2D eigenvalue weighted by atomic mass is 10.5. The Kier molecular flexibility index (Phi) is 3.28. The monoisotopic (exact) mass is 304 g/mol. The van der Waals surface area contributed by atoms with Crippen LogP contribution in [-0.2, 0) is 7.05 Å². The Hall–Kier alpha value is -0.590. The van der Waals surface area contributed by atoms with Crippen molar-refractivity contribution < 1.29 is 0 Å². The van der Waals surface area contributed by atoms with E-state index in [1.165, 1.54) is 18.1 Å². The molecule has 2 aromatic rings. The minimum Gasteiger partial charge on any atom is -0.247 e. The largest absolute Gasteiger partial charge is 0.247 e. The van der Waals surface area contributed by atoms with Crippen LogP contribution in [0.1, 0.15) is 0 Å². The minimum absolute atomic E-state index is 0.595. The van der Waals surface area contributed by atoms with E-state index in [4.69, 9.17) is 11.6 Å². The molecule has 0 spiro atoms. The maximum absolute atomic E-state index is 6.03. The van der Waals surface area contributed by atoms with E-state index in [1.807, 2.05) is 7.05 Å². The van der Waals surface area contributed by atoms with Crippen LogP contribution in [0, 0.1) is 0 Å². The summed E-state index contributed by atoms with van der Waals surface area (Å²) in [6, 6.07) is 1.80. The number of hydrogen-bond donors (Lipinski definition) is 0. The van der Waals surface area contributed by atoms with Crippen LogP contribution in [0.15, 0.2) is 33.2 Å². The normalized spacial score (nSPS) is 10.6. The Morgan fingerprint density at radius 1 is 1.47 bits per heavy atom. The second-order valence-corrected chi connectivity index (χ2v) is 4.99. The number of halogens is 2. The zero-order valence-corrected chi connectivity index (χ0v) is 10.8. The molecule has 78 valence electrons. The summed E-state index contributed by atoms with van der Waals surface area (Å²) in [5, 5.41) is 6.03. The molecule has 0 unspecified atom stereocenters. The van der Waals surface area contributed by atoms with Gasteiger partial charge in [-0.1, -0.05) is 11.6 Å². The summed E-state index contributed by atoms with van der Waals surface area (Å²) in [7, 11) is 1.82. The van der Waals surface area contributed by atoms with Crippen LogP contribution in [0.5, 0.6) is 0 Å². The van der Waals surface area contributed by atoms with E-state index in [-0.39, 0.29) is 0 Å². The van der Waals surface area contributed by atoms with Gasteiger partial charge in [0.1, 0.15) is 11.4 Å². The molecular weight excluding hydrogens is 300 g/mol. The molecular formula is C8H6BrClN4S. The van der Waals surface area contributed by atoms with Crippen molar-refractivity contribution in [2.24, 2.45) is 7.05 Å². The molecule has 0 aliphatic rings. The van der Waals surface area contributed by atoms with Crippen molar-refractivity contribution in [3.8, 4) is 0 Å². The highest BCUT2D eigenvalue weighted by atomic mass is 79.9. The third-order valence-corrected chi connectivity index (χ3v) is 3.54. The van der Waals surface area contributed by atoms with E-state index in [9.17, 15) is 0 Å². The molecule has 0 saturated heterocycles. The molecule has 0 saturated carbocycles. The Morgan fingerprint density at radius 3 is 2.87 bits per heavy atom. The number of aromatic nitrogens is 4. The van der Waals surface area contributed by atoms with Gasteiger partial charge in [0.2, 0.25) is 0 Å². The topological polar surface area (TPSA) is 43.6 Å². The van der Waals surface area contributed by atoms with Crippen molar-refractivity contribution in [2.75, 3.05) is 0 Å². The average Bonchev–Trinajstić information content (AvgIpc) is 2.57. The lowest BCUT2D eigenvalue weighted by Crippen LogP contribution is -1.93. The van der Waals surface area contributed by atoms with Gasteiger partial charge in [-0.25, -0.2) is 14.6 Å². The van der Waals surface area contributed by atoms with Crippen molar-refractivity contribution in [1.82, 2.24) is 19.7 Å². The second-order valence-electron chi connectivity index (χ2n) is 2.71. The fraction of sp³-hybridized carbons (Fsp3) is 0.125. The summed E-state index contributed by atoms with van der Waals surface area (Å²) < 4.78 is 2.53.